The van der Waals surface area contributed by atoms with E-state index in [1.165, 1.54) is 0 Å². The SMILES string of the molecule is C#CCN1C(=O)CSC1c1ccc2c(c1)OCCO2. The average molecular weight is 275 g/mol. The first-order valence-electron chi connectivity index (χ1n) is 6.03. The smallest absolute Gasteiger partial charge is 0.234 e. The van der Waals surface area contributed by atoms with Gasteiger partial charge in [0.1, 0.15) is 18.6 Å². The lowest BCUT2D eigenvalue weighted by atomic mass is 10.1. The largest absolute Gasteiger partial charge is 0.486 e. The zero-order valence-electron chi connectivity index (χ0n) is 10.3. The molecule has 98 valence electrons. The van der Waals surface area contributed by atoms with Crippen LogP contribution in [0.25, 0.3) is 0 Å². The second-order valence-electron chi connectivity index (χ2n) is 4.29. The summed E-state index contributed by atoms with van der Waals surface area (Å²) < 4.78 is 11.1. The molecule has 2 heterocycles. The van der Waals surface area contributed by atoms with Crippen LogP contribution in [0, 0.1) is 12.3 Å². The van der Waals surface area contributed by atoms with Crippen molar-refractivity contribution >= 4 is 17.7 Å². The molecule has 1 atom stereocenters. The van der Waals surface area contributed by atoms with Crippen LogP contribution < -0.4 is 9.47 Å². The lowest BCUT2D eigenvalue weighted by Gasteiger charge is -2.24. The molecule has 2 aliphatic heterocycles. The maximum atomic E-state index is 11.8. The Kier molecular flexibility index (Phi) is 3.26. The van der Waals surface area contributed by atoms with E-state index in [1.807, 2.05) is 18.2 Å². The van der Waals surface area contributed by atoms with E-state index in [0.29, 0.717) is 25.5 Å². The highest BCUT2D eigenvalue weighted by molar-refractivity contribution is 8.00. The maximum absolute atomic E-state index is 11.8. The molecule has 0 N–H and O–H groups in total. The number of carbonyl (C=O) groups excluding carboxylic acids is 1. The number of fused-ring (bicyclic) bond motifs is 1. The van der Waals surface area contributed by atoms with Crippen LogP contribution in [-0.2, 0) is 4.79 Å². The van der Waals surface area contributed by atoms with Gasteiger partial charge in [-0.1, -0.05) is 12.0 Å². The van der Waals surface area contributed by atoms with Crippen LogP contribution in [0.2, 0.25) is 0 Å². The number of hydrogen-bond acceptors (Lipinski definition) is 4. The minimum atomic E-state index is -0.0284. The van der Waals surface area contributed by atoms with E-state index < -0.39 is 0 Å². The normalized spacial score (nSPS) is 21.3. The molecule has 0 spiro atoms. The van der Waals surface area contributed by atoms with Crippen LogP contribution in [0.15, 0.2) is 18.2 Å². The highest BCUT2D eigenvalue weighted by Crippen LogP contribution is 2.41. The zero-order valence-corrected chi connectivity index (χ0v) is 11.1. The van der Waals surface area contributed by atoms with Crippen molar-refractivity contribution in [1.29, 1.82) is 0 Å². The predicted molar refractivity (Wildman–Crippen MR) is 73.2 cm³/mol. The van der Waals surface area contributed by atoms with Crippen molar-refractivity contribution in [3.05, 3.63) is 23.8 Å². The molecule has 0 aromatic heterocycles. The molecule has 1 amide bonds. The lowest BCUT2D eigenvalue weighted by Crippen LogP contribution is -2.28. The molecule has 1 fully saturated rings. The van der Waals surface area contributed by atoms with Gasteiger partial charge in [-0.3, -0.25) is 4.79 Å². The Hall–Kier alpha value is -1.80. The van der Waals surface area contributed by atoms with Crippen LogP contribution in [0.5, 0.6) is 11.5 Å². The summed E-state index contributed by atoms with van der Waals surface area (Å²) in [5, 5.41) is -0.0284. The lowest BCUT2D eigenvalue weighted by molar-refractivity contribution is -0.127. The summed E-state index contributed by atoms with van der Waals surface area (Å²) in [7, 11) is 0. The van der Waals surface area contributed by atoms with Gasteiger partial charge in [-0.15, -0.1) is 18.2 Å². The van der Waals surface area contributed by atoms with Gasteiger partial charge in [0.25, 0.3) is 0 Å². The number of hydrogen-bond donors (Lipinski definition) is 0. The van der Waals surface area contributed by atoms with Gasteiger partial charge in [-0.25, -0.2) is 0 Å². The van der Waals surface area contributed by atoms with Gasteiger partial charge >= 0.3 is 0 Å². The molecule has 0 bridgehead atoms. The van der Waals surface area contributed by atoms with E-state index >= 15 is 0 Å². The number of nitrogens with zero attached hydrogens (tertiary/aromatic N) is 1. The molecular formula is C14H13NO3S. The minimum absolute atomic E-state index is 0.0284. The summed E-state index contributed by atoms with van der Waals surface area (Å²) in [6, 6.07) is 5.79. The fourth-order valence-corrected chi connectivity index (χ4v) is 3.39. The van der Waals surface area contributed by atoms with Crippen LogP contribution in [-0.4, -0.2) is 36.3 Å². The minimum Gasteiger partial charge on any atom is -0.486 e. The first kappa shape index (κ1) is 12.2. The fraction of sp³-hybridized carbons (Fsp3) is 0.357. The van der Waals surface area contributed by atoms with Crippen LogP contribution >= 0.6 is 11.8 Å². The Morgan fingerprint density at radius 3 is 2.95 bits per heavy atom. The van der Waals surface area contributed by atoms with E-state index in [9.17, 15) is 4.79 Å². The number of benzene rings is 1. The van der Waals surface area contributed by atoms with Gasteiger partial charge < -0.3 is 14.4 Å². The Labute approximate surface area is 116 Å². The quantitative estimate of drug-likeness (QED) is 0.770. The molecule has 4 nitrogen and oxygen atoms in total. The number of carbonyl (C=O) groups is 1. The van der Waals surface area contributed by atoms with Crippen molar-refractivity contribution in [2.75, 3.05) is 25.5 Å². The Morgan fingerprint density at radius 1 is 1.37 bits per heavy atom. The van der Waals surface area contributed by atoms with Crippen LogP contribution in [0.3, 0.4) is 0 Å². The molecule has 5 heteroatoms. The number of amides is 1. The third-order valence-corrected chi connectivity index (χ3v) is 4.34. The Morgan fingerprint density at radius 2 is 2.16 bits per heavy atom. The standard InChI is InChI=1S/C14H13NO3S/c1-2-5-15-13(16)9-19-14(15)10-3-4-11-12(8-10)18-7-6-17-11/h1,3-4,8,14H,5-7,9H2. The topological polar surface area (TPSA) is 38.8 Å². The van der Waals surface area contributed by atoms with Gasteiger partial charge in [-0.2, -0.15) is 0 Å². The first-order valence-corrected chi connectivity index (χ1v) is 7.08. The first-order chi connectivity index (χ1) is 9.29. The van der Waals surface area contributed by atoms with Crippen molar-refractivity contribution < 1.29 is 14.3 Å². The highest BCUT2D eigenvalue weighted by Gasteiger charge is 2.32. The summed E-state index contributed by atoms with van der Waals surface area (Å²) in [5.74, 6) is 4.59. The van der Waals surface area contributed by atoms with Crippen molar-refractivity contribution in [2.45, 2.75) is 5.37 Å². The molecule has 2 aliphatic rings. The number of thioether (sulfide) groups is 1. The van der Waals surface area contributed by atoms with E-state index in [0.717, 1.165) is 17.1 Å². The van der Waals surface area contributed by atoms with Gasteiger partial charge in [0.2, 0.25) is 5.91 Å². The van der Waals surface area contributed by atoms with Crippen molar-refractivity contribution in [1.82, 2.24) is 4.90 Å². The number of ether oxygens (including phenoxy) is 2. The maximum Gasteiger partial charge on any atom is 0.234 e. The predicted octanol–water partition coefficient (Wildman–Crippen LogP) is 1.66. The van der Waals surface area contributed by atoms with E-state index in [-0.39, 0.29) is 11.3 Å². The second-order valence-corrected chi connectivity index (χ2v) is 5.36. The Balaban J connectivity index is 1.89. The summed E-state index contributed by atoms with van der Waals surface area (Å²) >= 11 is 1.59. The van der Waals surface area contributed by atoms with Gasteiger partial charge in [0.15, 0.2) is 11.5 Å². The third kappa shape index (κ3) is 2.24. The van der Waals surface area contributed by atoms with Crippen molar-refractivity contribution in [2.24, 2.45) is 0 Å². The van der Waals surface area contributed by atoms with Crippen molar-refractivity contribution in [3.8, 4) is 23.8 Å². The van der Waals surface area contributed by atoms with Crippen molar-refractivity contribution in [3.63, 3.8) is 0 Å². The number of terminal acetylenes is 1. The molecule has 0 aliphatic carbocycles. The monoisotopic (exact) mass is 275 g/mol. The van der Waals surface area contributed by atoms with Crippen LogP contribution in [0.1, 0.15) is 10.9 Å². The molecular weight excluding hydrogens is 262 g/mol. The molecule has 1 aromatic carbocycles. The molecule has 0 saturated carbocycles. The van der Waals surface area contributed by atoms with E-state index in [1.54, 1.807) is 16.7 Å². The average Bonchev–Trinajstić information content (AvgIpc) is 2.80. The molecule has 1 unspecified atom stereocenters. The molecule has 1 saturated heterocycles. The molecule has 1 aromatic rings. The summed E-state index contributed by atoms with van der Waals surface area (Å²) in [6.45, 7) is 1.47. The summed E-state index contributed by atoms with van der Waals surface area (Å²) in [6.07, 6.45) is 5.32. The fourth-order valence-electron chi connectivity index (χ4n) is 2.21. The van der Waals surface area contributed by atoms with Crippen LogP contribution in [0.4, 0.5) is 0 Å². The summed E-state index contributed by atoms with van der Waals surface area (Å²) in [4.78, 5) is 13.5. The van der Waals surface area contributed by atoms with Gasteiger partial charge in [0, 0.05) is 0 Å². The van der Waals surface area contributed by atoms with E-state index in [4.69, 9.17) is 15.9 Å². The summed E-state index contributed by atoms with van der Waals surface area (Å²) in [5.41, 5.74) is 1.02. The number of rotatable bonds is 2. The Bertz CT molecular complexity index is 552. The van der Waals surface area contributed by atoms with Gasteiger partial charge in [0.05, 0.1) is 12.3 Å². The van der Waals surface area contributed by atoms with E-state index in [2.05, 4.69) is 5.92 Å². The third-order valence-electron chi connectivity index (χ3n) is 3.08. The molecule has 19 heavy (non-hydrogen) atoms. The highest BCUT2D eigenvalue weighted by atomic mass is 32.2. The van der Waals surface area contributed by atoms with Gasteiger partial charge in [-0.05, 0) is 17.7 Å². The molecule has 0 radical (unpaired) electrons. The molecule has 3 rings (SSSR count). The zero-order chi connectivity index (χ0) is 13.2. The second kappa shape index (κ2) is 5.06.